The highest BCUT2D eigenvalue weighted by atomic mass is 32.1. The molecule has 3 atom stereocenters. The number of hydrogen-bond acceptors (Lipinski definition) is 7. The Labute approximate surface area is 280 Å². The Bertz CT molecular complexity index is 1570. The lowest BCUT2D eigenvalue weighted by Gasteiger charge is -2.33. The van der Waals surface area contributed by atoms with Crippen molar-refractivity contribution in [2.75, 3.05) is 33.3 Å². The molecule has 2 aromatic carbocycles. The molecule has 2 aliphatic rings. The van der Waals surface area contributed by atoms with E-state index in [4.69, 9.17) is 4.74 Å². The van der Waals surface area contributed by atoms with Crippen molar-refractivity contribution < 1.29 is 23.9 Å². The van der Waals surface area contributed by atoms with Gasteiger partial charge in [-0.1, -0.05) is 60.9 Å². The maximum Gasteiger partial charge on any atom is 0.245 e. The lowest BCUT2D eigenvalue weighted by atomic mass is 9.83. The average Bonchev–Trinajstić information content (AvgIpc) is 3.48. The molecule has 1 aromatic heterocycles. The van der Waals surface area contributed by atoms with Gasteiger partial charge in [0.1, 0.15) is 11.8 Å². The smallest absolute Gasteiger partial charge is 0.245 e. The van der Waals surface area contributed by atoms with E-state index in [1.165, 1.54) is 21.1 Å². The van der Waals surface area contributed by atoms with Crippen molar-refractivity contribution in [1.29, 1.82) is 0 Å². The molecule has 47 heavy (non-hydrogen) atoms. The van der Waals surface area contributed by atoms with Gasteiger partial charge < -0.3 is 25.2 Å². The van der Waals surface area contributed by atoms with Crippen molar-refractivity contribution in [2.24, 2.45) is 5.92 Å². The highest BCUT2D eigenvalue weighted by Gasteiger charge is 2.37. The average molecular weight is 660 g/mol. The summed E-state index contributed by atoms with van der Waals surface area (Å²) in [7, 11) is 1.60. The van der Waals surface area contributed by atoms with Gasteiger partial charge in [-0.15, -0.1) is 11.3 Å². The first-order valence-electron chi connectivity index (χ1n) is 16.4. The van der Waals surface area contributed by atoms with E-state index < -0.39 is 12.0 Å². The quantitative estimate of drug-likeness (QED) is 0.362. The van der Waals surface area contributed by atoms with E-state index in [0.29, 0.717) is 31.4 Å². The summed E-state index contributed by atoms with van der Waals surface area (Å²) in [5.41, 5.74) is 3.73. The molecule has 2 fully saturated rings. The van der Waals surface area contributed by atoms with Crippen molar-refractivity contribution >= 4 is 35.0 Å². The Hall–Kier alpha value is -4.25. The van der Waals surface area contributed by atoms with E-state index in [-0.39, 0.29) is 62.3 Å². The van der Waals surface area contributed by atoms with Gasteiger partial charge in [0.15, 0.2) is 0 Å². The minimum atomic E-state index is -0.879. The monoisotopic (exact) mass is 659 g/mol. The van der Waals surface area contributed by atoms with Crippen LogP contribution in [-0.4, -0.2) is 83.8 Å². The number of para-hydroxylation sites is 1. The Morgan fingerprint density at radius 3 is 2.47 bits per heavy atom. The molecule has 2 N–H and O–H groups in total. The number of ether oxygens (including phenoxy) is 1. The van der Waals surface area contributed by atoms with Gasteiger partial charge in [-0.3, -0.25) is 19.2 Å². The van der Waals surface area contributed by atoms with E-state index in [9.17, 15) is 19.2 Å². The third-order valence-corrected chi connectivity index (χ3v) is 9.88. The minimum absolute atomic E-state index is 0.168. The van der Waals surface area contributed by atoms with Crippen molar-refractivity contribution in [2.45, 2.75) is 70.9 Å². The fraction of sp³-hybridized carbons (Fsp3) is 0.472. The van der Waals surface area contributed by atoms with E-state index in [1.807, 2.05) is 67.8 Å². The van der Waals surface area contributed by atoms with E-state index in [2.05, 4.69) is 15.6 Å². The zero-order valence-corrected chi connectivity index (χ0v) is 28.3. The van der Waals surface area contributed by atoms with Crippen LogP contribution in [0, 0.1) is 19.8 Å². The Balaban J connectivity index is 1.48. The molecular formula is C36H45N5O5S. The summed E-state index contributed by atoms with van der Waals surface area (Å²) in [4.78, 5) is 63.5. The molecular weight excluding hydrogens is 614 g/mol. The zero-order valence-electron chi connectivity index (χ0n) is 27.5. The summed E-state index contributed by atoms with van der Waals surface area (Å²) < 4.78 is 5.52. The van der Waals surface area contributed by atoms with Gasteiger partial charge in [-0.25, -0.2) is 4.98 Å². The van der Waals surface area contributed by atoms with Crippen molar-refractivity contribution in [3.8, 4) is 5.75 Å². The molecule has 0 spiro atoms. The highest BCUT2D eigenvalue weighted by molar-refractivity contribution is 7.09. The number of nitrogens with zero attached hydrogens (tertiary/aromatic N) is 3. The fourth-order valence-electron chi connectivity index (χ4n) is 6.58. The standard InChI is InChI=1S/C36H45N5O5S/c1-24-9-8-10-26(19-24)20-31-36(45)41(18-16-28-23-47-25(2)37-28)22-34(43)40(17-15-27-11-4-7-14-32(27)46-3)21-33(42)38-30-13-6-5-12-29(30)35(44)39-31/h4,7-11,14,19,23,29-31H,5-6,12-13,15-18,20-22H2,1-3H3,(H,38,42)(H,39,44)/t29-,30+,31+/m1/s1. The van der Waals surface area contributed by atoms with E-state index >= 15 is 0 Å². The molecule has 0 unspecified atom stereocenters. The van der Waals surface area contributed by atoms with Gasteiger partial charge in [0, 0.05) is 37.4 Å². The molecule has 0 radical (unpaired) electrons. The fourth-order valence-corrected chi connectivity index (χ4v) is 7.22. The lowest BCUT2D eigenvalue weighted by molar-refractivity contribution is -0.143. The topological polar surface area (TPSA) is 121 Å². The van der Waals surface area contributed by atoms with E-state index in [1.54, 1.807) is 7.11 Å². The molecule has 250 valence electrons. The summed E-state index contributed by atoms with van der Waals surface area (Å²) in [5, 5.41) is 9.03. The number of methoxy groups -OCH3 is 1. The van der Waals surface area contributed by atoms with Gasteiger partial charge in [-0.2, -0.15) is 0 Å². The number of nitrogens with one attached hydrogen (secondary N) is 2. The molecule has 3 aromatic rings. The van der Waals surface area contributed by atoms with Crippen LogP contribution in [0.3, 0.4) is 0 Å². The Morgan fingerprint density at radius 2 is 1.70 bits per heavy atom. The van der Waals surface area contributed by atoms with Gasteiger partial charge in [0.2, 0.25) is 23.6 Å². The predicted octanol–water partition coefficient (Wildman–Crippen LogP) is 3.63. The van der Waals surface area contributed by atoms with Crippen LogP contribution >= 0.6 is 11.3 Å². The van der Waals surface area contributed by atoms with Gasteiger partial charge in [0.05, 0.1) is 36.8 Å². The van der Waals surface area contributed by atoms with Crippen LogP contribution in [0.25, 0.3) is 0 Å². The van der Waals surface area contributed by atoms with E-state index in [0.717, 1.165) is 40.2 Å². The van der Waals surface area contributed by atoms with Crippen LogP contribution in [0.1, 0.15) is 53.1 Å². The van der Waals surface area contributed by atoms with Crippen LogP contribution in [0.4, 0.5) is 0 Å². The second-order valence-electron chi connectivity index (χ2n) is 12.6. The number of hydrogen-bond donors (Lipinski definition) is 2. The van der Waals surface area contributed by atoms with Gasteiger partial charge in [0.25, 0.3) is 0 Å². The van der Waals surface area contributed by atoms with Crippen LogP contribution < -0.4 is 15.4 Å². The third kappa shape index (κ3) is 9.18. The molecule has 1 saturated carbocycles. The number of carbonyl (C=O) groups excluding carboxylic acids is 4. The first kappa shape index (κ1) is 34.1. The normalized spacial score (nSPS) is 21.2. The summed E-state index contributed by atoms with van der Waals surface area (Å²) in [6.07, 6.45) is 4.25. The first-order chi connectivity index (χ1) is 22.7. The summed E-state index contributed by atoms with van der Waals surface area (Å²) in [6.45, 7) is 4.03. The zero-order chi connectivity index (χ0) is 33.3. The van der Waals surface area contributed by atoms with Crippen molar-refractivity contribution in [3.63, 3.8) is 0 Å². The SMILES string of the molecule is COc1ccccc1CCN1CC(=O)N[C@H]2CCCC[C@H]2C(=O)N[C@@H](Cc2cccc(C)c2)C(=O)N(CCc2csc(C)n2)CC1=O. The summed E-state index contributed by atoms with van der Waals surface area (Å²) >= 11 is 1.53. The number of benzene rings is 2. The molecule has 0 bridgehead atoms. The largest absolute Gasteiger partial charge is 0.496 e. The molecule has 2 heterocycles. The molecule has 4 amide bonds. The molecule has 1 aliphatic heterocycles. The maximum absolute atomic E-state index is 14.5. The minimum Gasteiger partial charge on any atom is -0.496 e. The van der Waals surface area contributed by atoms with Crippen LogP contribution in [-0.2, 0) is 38.4 Å². The second kappa shape index (κ2) is 16.0. The van der Waals surface area contributed by atoms with Crippen molar-refractivity contribution in [3.05, 3.63) is 81.3 Å². The number of carbonyl (C=O) groups is 4. The van der Waals surface area contributed by atoms with Gasteiger partial charge in [-0.05, 0) is 50.3 Å². The number of amides is 4. The molecule has 10 nitrogen and oxygen atoms in total. The highest BCUT2D eigenvalue weighted by Crippen LogP contribution is 2.26. The lowest BCUT2D eigenvalue weighted by Crippen LogP contribution is -2.55. The summed E-state index contributed by atoms with van der Waals surface area (Å²) in [6, 6.07) is 14.2. The number of thiazole rings is 1. The predicted molar refractivity (Wildman–Crippen MR) is 181 cm³/mol. The summed E-state index contributed by atoms with van der Waals surface area (Å²) in [5.74, 6) is -0.970. The molecule has 1 saturated heterocycles. The molecule has 11 heteroatoms. The third-order valence-electron chi connectivity index (χ3n) is 9.06. The Morgan fingerprint density at radius 1 is 0.915 bits per heavy atom. The number of rotatable bonds is 9. The van der Waals surface area contributed by atoms with Crippen LogP contribution in [0.5, 0.6) is 5.75 Å². The molecule has 5 rings (SSSR count). The molecule has 1 aliphatic carbocycles. The Kier molecular flexibility index (Phi) is 11.6. The van der Waals surface area contributed by atoms with Crippen molar-refractivity contribution in [1.82, 2.24) is 25.4 Å². The number of aromatic nitrogens is 1. The number of aryl methyl sites for hydroxylation is 2. The second-order valence-corrected chi connectivity index (χ2v) is 13.6. The number of fused-ring (bicyclic) bond motifs is 1. The maximum atomic E-state index is 14.5. The van der Waals surface area contributed by atoms with Crippen LogP contribution in [0.15, 0.2) is 53.9 Å². The van der Waals surface area contributed by atoms with Crippen LogP contribution in [0.2, 0.25) is 0 Å². The first-order valence-corrected chi connectivity index (χ1v) is 17.3. The van der Waals surface area contributed by atoms with Gasteiger partial charge >= 0.3 is 0 Å².